The molecule has 1 heterocycles. The third-order valence-electron chi connectivity index (χ3n) is 3.54. The standard InChI is InChI=1S/C15H11NO/c1-2-4-12-10(3-1)5-6-11-7-8-13-15(14(11)12)16-9-17-13/h1-10,15H. The molecule has 3 aliphatic carbocycles. The quantitative estimate of drug-likeness (QED) is 0.616. The molecule has 0 radical (unpaired) electrons. The van der Waals surface area contributed by atoms with E-state index in [9.17, 15) is 0 Å². The number of aliphatic imine (C=N–C) groups is 1. The van der Waals surface area contributed by atoms with Crippen LogP contribution in [0.3, 0.4) is 0 Å². The number of fused-ring (bicyclic) bond motifs is 4. The van der Waals surface area contributed by atoms with Crippen LogP contribution in [-0.2, 0) is 4.74 Å². The first-order valence-corrected chi connectivity index (χ1v) is 5.81. The summed E-state index contributed by atoms with van der Waals surface area (Å²) in [5.41, 5.74) is 3.90. The highest BCUT2D eigenvalue weighted by molar-refractivity contribution is 5.66. The first-order chi connectivity index (χ1) is 8.43. The number of ether oxygens (including phenoxy) is 1. The fourth-order valence-electron chi connectivity index (χ4n) is 2.73. The van der Waals surface area contributed by atoms with Crippen LogP contribution in [0, 0.1) is 5.92 Å². The molecule has 2 heteroatoms. The molecule has 0 spiro atoms. The lowest BCUT2D eigenvalue weighted by Crippen LogP contribution is -2.20. The summed E-state index contributed by atoms with van der Waals surface area (Å²) < 4.78 is 5.41. The Bertz CT molecular complexity index is 596. The fraction of sp³-hybridized carbons (Fsp3) is 0.133. The van der Waals surface area contributed by atoms with E-state index in [0.717, 1.165) is 5.76 Å². The minimum absolute atomic E-state index is 0.0635. The molecular formula is C15H11NO. The smallest absolute Gasteiger partial charge is 0.177 e. The molecule has 0 saturated heterocycles. The highest BCUT2D eigenvalue weighted by Crippen LogP contribution is 2.40. The van der Waals surface area contributed by atoms with Gasteiger partial charge in [0.1, 0.15) is 11.8 Å². The maximum atomic E-state index is 5.41. The number of hydrogen-bond acceptors (Lipinski definition) is 2. The van der Waals surface area contributed by atoms with Gasteiger partial charge in [0.2, 0.25) is 0 Å². The number of rotatable bonds is 0. The molecule has 0 aromatic heterocycles. The molecule has 0 aromatic carbocycles. The maximum Gasteiger partial charge on any atom is 0.177 e. The van der Waals surface area contributed by atoms with Crippen molar-refractivity contribution in [3.05, 3.63) is 71.1 Å². The second kappa shape index (κ2) is 3.20. The molecule has 0 saturated carbocycles. The molecule has 2 nitrogen and oxygen atoms in total. The van der Waals surface area contributed by atoms with E-state index in [-0.39, 0.29) is 6.04 Å². The van der Waals surface area contributed by atoms with Crippen molar-refractivity contribution in [2.45, 2.75) is 6.04 Å². The lowest BCUT2D eigenvalue weighted by molar-refractivity contribution is 0.437. The van der Waals surface area contributed by atoms with Gasteiger partial charge in [0.25, 0.3) is 0 Å². The van der Waals surface area contributed by atoms with Crippen LogP contribution in [0.1, 0.15) is 0 Å². The third-order valence-corrected chi connectivity index (χ3v) is 3.54. The number of allylic oxidation sites excluding steroid dienone is 9. The van der Waals surface area contributed by atoms with Crippen molar-refractivity contribution in [3.63, 3.8) is 0 Å². The van der Waals surface area contributed by atoms with Crippen molar-refractivity contribution in [3.8, 4) is 0 Å². The normalized spacial score (nSPS) is 31.5. The van der Waals surface area contributed by atoms with Crippen LogP contribution in [0.15, 0.2) is 76.1 Å². The van der Waals surface area contributed by atoms with Crippen LogP contribution in [0.4, 0.5) is 0 Å². The Kier molecular flexibility index (Phi) is 1.69. The van der Waals surface area contributed by atoms with Gasteiger partial charge >= 0.3 is 0 Å². The second-order valence-electron chi connectivity index (χ2n) is 4.46. The van der Waals surface area contributed by atoms with Gasteiger partial charge in [-0.2, -0.15) is 0 Å². The molecule has 1 aliphatic heterocycles. The summed E-state index contributed by atoms with van der Waals surface area (Å²) in [6, 6.07) is 0.0635. The maximum absolute atomic E-state index is 5.41. The van der Waals surface area contributed by atoms with Gasteiger partial charge in [-0.1, -0.05) is 42.5 Å². The number of nitrogens with zero attached hydrogens (tertiary/aromatic N) is 1. The molecule has 0 N–H and O–H groups in total. The van der Waals surface area contributed by atoms with E-state index in [4.69, 9.17) is 4.74 Å². The molecule has 0 amide bonds. The van der Waals surface area contributed by atoms with Crippen LogP contribution in [0.25, 0.3) is 0 Å². The Morgan fingerprint density at radius 1 is 1.06 bits per heavy atom. The Hall–Kier alpha value is -2.09. The first-order valence-electron chi connectivity index (χ1n) is 5.81. The fourth-order valence-corrected chi connectivity index (χ4v) is 2.73. The van der Waals surface area contributed by atoms with E-state index in [1.165, 1.54) is 16.7 Å². The zero-order chi connectivity index (χ0) is 11.2. The van der Waals surface area contributed by atoms with Gasteiger partial charge in [-0.3, -0.25) is 0 Å². The Labute approximate surface area is 99.7 Å². The van der Waals surface area contributed by atoms with E-state index in [1.807, 2.05) is 6.08 Å². The largest absolute Gasteiger partial charge is 0.448 e. The van der Waals surface area contributed by atoms with Crippen molar-refractivity contribution in [1.29, 1.82) is 0 Å². The van der Waals surface area contributed by atoms with Crippen LogP contribution in [-0.4, -0.2) is 12.4 Å². The molecule has 4 aliphatic rings. The van der Waals surface area contributed by atoms with E-state index in [2.05, 4.69) is 47.5 Å². The van der Waals surface area contributed by atoms with Crippen molar-refractivity contribution < 1.29 is 4.74 Å². The number of hydrogen-bond donors (Lipinski definition) is 0. The van der Waals surface area contributed by atoms with E-state index in [1.54, 1.807) is 6.40 Å². The lowest BCUT2D eigenvalue weighted by atomic mass is 9.78. The van der Waals surface area contributed by atoms with Crippen LogP contribution < -0.4 is 0 Å². The molecular weight excluding hydrogens is 210 g/mol. The Balaban J connectivity index is 1.94. The van der Waals surface area contributed by atoms with Crippen LogP contribution in [0.5, 0.6) is 0 Å². The molecule has 0 fully saturated rings. The van der Waals surface area contributed by atoms with Gasteiger partial charge in [-0.25, -0.2) is 4.99 Å². The summed E-state index contributed by atoms with van der Waals surface area (Å²) in [6.45, 7) is 0. The van der Waals surface area contributed by atoms with E-state index < -0.39 is 0 Å². The van der Waals surface area contributed by atoms with Crippen LogP contribution >= 0.6 is 0 Å². The topological polar surface area (TPSA) is 21.6 Å². The molecule has 0 aromatic rings. The van der Waals surface area contributed by atoms with Gasteiger partial charge in [0, 0.05) is 5.92 Å². The summed E-state index contributed by atoms with van der Waals surface area (Å²) in [7, 11) is 0. The first kappa shape index (κ1) is 8.99. The molecule has 17 heavy (non-hydrogen) atoms. The lowest BCUT2D eigenvalue weighted by Gasteiger charge is -2.28. The highest BCUT2D eigenvalue weighted by Gasteiger charge is 2.32. The SMILES string of the molecule is C1=CC2=C3C(=CC=C4OC=NC43)C=CC2C=C1. The summed E-state index contributed by atoms with van der Waals surface area (Å²) >= 11 is 0. The monoisotopic (exact) mass is 221 g/mol. The molecule has 2 unspecified atom stereocenters. The van der Waals surface area contributed by atoms with Crippen molar-refractivity contribution >= 4 is 6.40 Å². The molecule has 0 bridgehead atoms. The zero-order valence-electron chi connectivity index (χ0n) is 9.21. The van der Waals surface area contributed by atoms with Crippen molar-refractivity contribution in [2.24, 2.45) is 10.9 Å². The van der Waals surface area contributed by atoms with Gasteiger partial charge in [0.15, 0.2) is 6.40 Å². The van der Waals surface area contributed by atoms with Gasteiger partial charge in [-0.15, -0.1) is 0 Å². The summed E-state index contributed by atoms with van der Waals surface area (Å²) in [5.74, 6) is 1.33. The minimum Gasteiger partial charge on any atom is -0.448 e. The predicted molar refractivity (Wildman–Crippen MR) is 67.5 cm³/mol. The summed E-state index contributed by atoms with van der Waals surface area (Å²) in [6.07, 6.45) is 18.7. The highest BCUT2D eigenvalue weighted by atomic mass is 16.5. The van der Waals surface area contributed by atoms with Gasteiger partial charge in [0.05, 0.1) is 0 Å². The van der Waals surface area contributed by atoms with Crippen molar-refractivity contribution in [1.82, 2.24) is 0 Å². The minimum atomic E-state index is 0.0635. The van der Waals surface area contributed by atoms with Gasteiger partial charge < -0.3 is 4.74 Å². The predicted octanol–water partition coefficient (Wildman–Crippen LogP) is 2.85. The second-order valence-corrected chi connectivity index (χ2v) is 4.46. The van der Waals surface area contributed by atoms with Crippen molar-refractivity contribution in [2.75, 3.05) is 0 Å². The average Bonchev–Trinajstić information content (AvgIpc) is 2.86. The van der Waals surface area contributed by atoms with Crippen LogP contribution in [0.2, 0.25) is 0 Å². The summed E-state index contributed by atoms with van der Waals surface area (Å²) in [5, 5.41) is 0. The molecule has 82 valence electrons. The molecule has 4 rings (SSSR count). The summed E-state index contributed by atoms with van der Waals surface area (Å²) in [4.78, 5) is 4.43. The average molecular weight is 221 g/mol. The van der Waals surface area contributed by atoms with E-state index in [0.29, 0.717) is 5.92 Å². The third kappa shape index (κ3) is 1.18. The Morgan fingerprint density at radius 2 is 2.06 bits per heavy atom. The van der Waals surface area contributed by atoms with Gasteiger partial charge in [-0.05, 0) is 22.8 Å². The zero-order valence-corrected chi connectivity index (χ0v) is 9.21. The molecule has 2 atom stereocenters. The van der Waals surface area contributed by atoms with E-state index >= 15 is 0 Å². The Morgan fingerprint density at radius 3 is 3.06 bits per heavy atom.